The first kappa shape index (κ1) is 17.1. The molecule has 0 spiro atoms. The van der Waals surface area contributed by atoms with Crippen LogP contribution in [-0.2, 0) is 6.61 Å². The maximum Gasteiger partial charge on any atom is 0.161 e. The molecule has 0 unspecified atom stereocenters. The van der Waals surface area contributed by atoms with Crippen LogP contribution in [-0.4, -0.2) is 12.9 Å². The summed E-state index contributed by atoms with van der Waals surface area (Å²) >= 11 is 6.08. The highest BCUT2D eigenvalue weighted by atomic mass is 35.5. The number of hydrogen-bond donors (Lipinski definition) is 2. The second-order valence-electron chi connectivity index (χ2n) is 4.16. The van der Waals surface area contributed by atoms with Crippen molar-refractivity contribution < 1.29 is 9.47 Å². The summed E-state index contributed by atoms with van der Waals surface area (Å²) < 4.78 is 11.0. The highest BCUT2D eigenvalue weighted by Crippen LogP contribution is 2.29. The van der Waals surface area contributed by atoms with Crippen LogP contribution in [0.25, 0.3) is 0 Å². The van der Waals surface area contributed by atoms with Gasteiger partial charge in [-0.05, 0) is 24.3 Å². The first-order chi connectivity index (χ1) is 9.61. The molecule has 4 nitrogen and oxygen atoms in total. The van der Waals surface area contributed by atoms with E-state index in [0.29, 0.717) is 28.7 Å². The molecule has 0 bridgehead atoms. The van der Waals surface area contributed by atoms with E-state index in [1.54, 1.807) is 25.3 Å². The molecule has 0 fully saturated rings. The first-order valence-corrected chi connectivity index (χ1v) is 6.38. The molecule has 0 aliphatic heterocycles. The summed E-state index contributed by atoms with van der Waals surface area (Å²) in [5.41, 5.74) is 6.93. The van der Waals surface area contributed by atoms with Gasteiger partial charge in [0, 0.05) is 16.1 Å². The summed E-state index contributed by atoms with van der Waals surface area (Å²) in [6.45, 7) is 0.343. The summed E-state index contributed by atoms with van der Waals surface area (Å²) in [7, 11) is 1.54. The number of benzene rings is 2. The van der Waals surface area contributed by atoms with E-state index < -0.39 is 0 Å². The predicted molar refractivity (Wildman–Crippen MR) is 87.0 cm³/mol. The van der Waals surface area contributed by atoms with E-state index in [4.69, 9.17) is 32.2 Å². The Bertz CT molecular complexity index is 633. The number of nitrogens with one attached hydrogen (secondary N) is 1. The summed E-state index contributed by atoms with van der Waals surface area (Å²) in [5, 5.41) is 8.07. The normalized spacial score (nSPS) is 9.62. The summed E-state index contributed by atoms with van der Waals surface area (Å²) in [6, 6.07) is 12.6. The van der Waals surface area contributed by atoms with E-state index >= 15 is 0 Å². The Labute approximate surface area is 134 Å². The standard InChI is InChI=1S/C15H15ClN2O2.ClH/c1-19-14-8-10(15(17)18)6-7-13(14)20-9-11-4-2-3-5-12(11)16;/h2-8H,9H2,1H3,(H3,17,18);1H. The quantitative estimate of drug-likeness (QED) is 0.651. The van der Waals surface area contributed by atoms with Crippen molar-refractivity contribution in [2.24, 2.45) is 5.73 Å². The molecule has 21 heavy (non-hydrogen) atoms. The van der Waals surface area contributed by atoms with Gasteiger partial charge in [-0.25, -0.2) is 0 Å². The number of methoxy groups -OCH3 is 1. The second kappa shape index (κ2) is 7.76. The monoisotopic (exact) mass is 326 g/mol. The van der Waals surface area contributed by atoms with Crippen LogP contribution in [0.1, 0.15) is 11.1 Å². The molecular weight excluding hydrogens is 311 g/mol. The molecule has 3 N–H and O–H groups in total. The molecular formula is C15H16Cl2N2O2. The van der Waals surface area contributed by atoms with Crippen LogP contribution in [0.5, 0.6) is 11.5 Å². The van der Waals surface area contributed by atoms with Crippen LogP contribution in [0.4, 0.5) is 0 Å². The lowest BCUT2D eigenvalue weighted by Gasteiger charge is -2.12. The van der Waals surface area contributed by atoms with Gasteiger partial charge in [0.1, 0.15) is 12.4 Å². The van der Waals surface area contributed by atoms with Gasteiger partial charge in [0.15, 0.2) is 11.5 Å². The first-order valence-electron chi connectivity index (χ1n) is 6.00. The summed E-state index contributed by atoms with van der Waals surface area (Å²) in [5.74, 6) is 1.10. The van der Waals surface area contributed by atoms with Crippen molar-refractivity contribution >= 4 is 29.8 Å². The highest BCUT2D eigenvalue weighted by molar-refractivity contribution is 6.31. The lowest BCUT2D eigenvalue weighted by molar-refractivity contribution is 0.284. The Balaban J connectivity index is 0.00000220. The van der Waals surface area contributed by atoms with Gasteiger partial charge in [-0.15, -0.1) is 12.4 Å². The summed E-state index contributed by atoms with van der Waals surface area (Å²) in [6.07, 6.45) is 0. The Kier molecular flexibility index (Phi) is 6.34. The molecule has 0 saturated carbocycles. The molecule has 0 amide bonds. The number of nitrogens with two attached hydrogens (primary N) is 1. The number of nitrogen functional groups attached to an aromatic ring is 1. The van der Waals surface area contributed by atoms with E-state index in [-0.39, 0.29) is 18.2 Å². The van der Waals surface area contributed by atoms with Crippen molar-refractivity contribution in [3.05, 3.63) is 58.6 Å². The zero-order valence-electron chi connectivity index (χ0n) is 11.4. The van der Waals surface area contributed by atoms with Gasteiger partial charge >= 0.3 is 0 Å². The predicted octanol–water partition coefficient (Wildman–Crippen LogP) is 3.63. The molecule has 0 heterocycles. The number of amidine groups is 1. The van der Waals surface area contributed by atoms with Crippen molar-refractivity contribution in [3.63, 3.8) is 0 Å². The average Bonchev–Trinajstić information content (AvgIpc) is 2.46. The Hall–Kier alpha value is -1.91. The van der Waals surface area contributed by atoms with E-state index in [9.17, 15) is 0 Å². The SMILES string of the molecule is COc1cc(C(=N)N)ccc1OCc1ccccc1Cl.Cl. The third kappa shape index (κ3) is 4.28. The molecule has 2 rings (SSSR count). The smallest absolute Gasteiger partial charge is 0.161 e. The zero-order chi connectivity index (χ0) is 14.5. The van der Waals surface area contributed by atoms with Gasteiger partial charge in [0.05, 0.1) is 7.11 Å². The minimum atomic E-state index is -0.0130. The second-order valence-corrected chi connectivity index (χ2v) is 4.57. The van der Waals surface area contributed by atoms with E-state index in [1.165, 1.54) is 0 Å². The fourth-order valence-corrected chi connectivity index (χ4v) is 1.92. The van der Waals surface area contributed by atoms with Crippen LogP contribution >= 0.6 is 24.0 Å². The minimum absolute atomic E-state index is 0. The highest BCUT2D eigenvalue weighted by Gasteiger charge is 2.08. The maximum absolute atomic E-state index is 7.41. The zero-order valence-corrected chi connectivity index (χ0v) is 13.0. The molecule has 2 aromatic rings. The third-order valence-electron chi connectivity index (χ3n) is 2.82. The molecule has 0 radical (unpaired) electrons. The Morgan fingerprint density at radius 1 is 1.19 bits per heavy atom. The van der Waals surface area contributed by atoms with Gasteiger partial charge in [-0.1, -0.05) is 29.8 Å². The van der Waals surface area contributed by atoms with Crippen molar-refractivity contribution in [2.45, 2.75) is 6.61 Å². The largest absolute Gasteiger partial charge is 0.493 e. The van der Waals surface area contributed by atoms with Gasteiger partial charge in [-0.3, -0.25) is 5.41 Å². The minimum Gasteiger partial charge on any atom is -0.493 e. The fourth-order valence-electron chi connectivity index (χ4n) is 1.73. The van der Waals surface area contributed by atoms with Crippen LogP contribution < -0.4 is 15.2 Å². The van der Waals surface area contributed by atoms with E-state index in [2.05, 4.69) is 0 Å². The van der Waals surface area contributed by atoms with Crippen LogP contribution in [0.2, 0.25) is 5.02 Å². The summed E-state index contributed by atoms with van der Waals surface area (Å²) in [4.78, 5) is 0. The molecule has 0 aliphatic carbocycles. The number of hydrogen-bond acceptors (Lipinski definition) is 3. The number of halogens is 2. The van der Waals surface area contributed by atoms with Crippen LogP contribution in [0.3, 0.4) is 0 Å². The molecule has 0 saturated heterocycles. The molecule has 2 aromatic carbocycles. The Morgan fingerprint density at radius 3 is 2.52 bits per heavy atom. The topological polar surface area (TPSA) is 68.3 Å². The van der Waals surface area contributed by atoms with Crippen molar-refractivity contribution in [1.82, 2.24) is 0 Å². The van der Waals surface area contributed by atoms with Gasteiger partial charge in [0.25, 0.3) is 0 Å². The molecule has 0 aliphatic rings. The maximum atomic E-state index is 7.41. The van der Waals surface area contributed by atoms with Gasteiger partial charge < -0.3 is 15.2 Å². The molecule has 0 aromatic heterocycles. The van der Waals surface area contributed by atoms with Crippen LogP contribution in [0, 0.1) is 5.41 Å². The number of rotatable bonds is 5. The molecule has 6 heteroatoms. The van der Waals surface area contributed by atoms with E-state index in [1.807, 2.05) is 24.3 Å². The van der Waals surface area contributed by atoms with E-state index in [0.717, 1.165) is 5.56 Å². The molecule has 0 atom stereocenters. The van der Waals surface area contributed by atoms with Gasteiger partial charge in [-0.2, -0.15) is 0 Å². The van der Waals surface area contributed by atoms with Crippen molar-refractivity contribution in [2.75, 3.05) is 7.11 Å². The molecule has 112 valence electrons. The van der Waals surface area contributed by atoms with Crippen molar-refractivity contribution in [1.29, 1.82) is 5.41 Å². The van der Waals surface area contributed by atoms with Crippen LogP contribution in [0.15, 0.2) is 42.5 Å². The lowest BCUT2D eigenvalue weighted by Crippen LogP contribution is -2.11. The average molecular weight is 327 g/mol. The third-order valence-corrected chi connectivity index (χ3v) is 3.18. The Morgan fingerprint density at radius 2 is 1.90 bits per heavy atom. The van der Waals surface area contributed by atoms with Crippen molar-refractivity contribution in [3.8, 4) is 11.5 Å². The lowest BCUT2D eigenvalue weighted by atomic mass is 10.2. The van der Waals surface area contributed by atoms with Gasteiger partial charge in [0.2, 0.25) is 0 Å². The number of ether oxygens (including phenoxy) is 2. The fraction of sp³-hybridized carbons (Fsp3) is 0.133.